The Hall–Kier alpha value is -1.52. The summed E-state index contributed by atoms with van der Waals surface area (Å²) >= 11 is 7.56. The van der Waals surface area contributed by atoms with Crippen LogP contribution in [0, 0.1) is 0 Å². The maximum Gasteiger partial charge on any atom is 0.328 e. The van der Waals surface area contributed by atoms with E-state index in [4.69, 9.17) is 21.1 Å². The molecule has 2 rings (SSSR count). The molecule has 0 spiro atoms. The zero-order chi connectivity index (χ0) is 18.8. The third-order valence-electron chi connectivity index (χ3n) is 3.82. The summed E-state index contributed by atoms with van der Waals surface area (Å²) in [6.45, 7) is 5.48. The highest BCUT2D eigenvalue weighted by Crippen LogP contribution is 2.35. The van der Waals surface area contributed by atoms with Crippen molar-refractivity contribution in [2.75, 3.05) is 13.2 Å². The van der Waals surface area contributed by atoms with E-state index in [-0.39, 0.29) is 6.10 Å². The van der Waals surface area contributed by atoms with Crippen LogP contribution in [0.4, 0.5) is 0 Å². The third kappa shape index (κ3) is 6.33. The smallest absolute Gasteiger partial charge is 0.328 e. The second-order valence-corrected chi connectivity index (χ2v) is 7.52. The van der Waals surface area contributed by atoms with E-state index in [9.17, 15) is 5.53 Å². The van der Waals surface area contributed by atoms with Gasteiger partial charge in [0.2, 0.25) is 0 Å². The predicted molar refractivity (Wildman–Crippen MR) is 108 cm³/mol. The van der Waals surface area contributed by atoms with Gasteiger partial charge >= 0.3 is 5.71 Å². The monoisotopic (exact) mass is 392 g/mol. The first-order valence-electron chi connectivity index (χ1n) is 9.01. The summed E-state index contributed by atoms with van der Waals surface area (Å²) in [5.74, 6) is 0.710. The molecule has 0 fully saturated rings. The fourth-order valence-electron chi connectivity index (χ4n) is 2.32. The maximum absolute atomic E-state index is 9.37. The number of halogens is 1. The summed E-state index contributed by atoms with van der Waals surface area (Å²) in [5.41, 5.74) is 9.84. The molecule has 1 aliphatic rings. The first-order valence-corrected chi connectivity index (χ1v) is 10.2. The molecule has 1 aromatic rings. The van der Waals surface area contributed by atoms with Crippen molar-refractivity contribution in [3.63, 3.8) is 0 Å². The summed E-state index contributed by atoms with van der Waals surface area (Å²) in [6, 6.07) is 7.68. The molecular formula is C20H25ClN2O2S. The van der Waals surface area contributed by atoms with E-state index >= 15 is 0 Å². The summed E-state index contributed by atoms with van der Waals surface area (Å²) in [4.78, 5) is 5.42. The molecular weight excluding hydrogens is 368 g/mol. The third-order valence-corrected chi connectivity index (χ3v) is 5.14. The molecule has 1 unspecified atom stereocenters. The number of hydrogen-bond donors (Lipinski definition) is 0. The highest BCUT2D eigenvalue weighted by atomic mass is 35.5. The van der Waals surface area contributed by atoms with Crippen LogP contribution in [0.2, 0.25) is 5.02 Å². The summed E-state index contributed by atoms with van der Waals surface area (Å²) in [5, 5.41) is 0.706. The van der Waals surface area contributed by atoms with Gasteiger partial charge in [-0.05, 0) is 43.2 Å². The first kappa shape index (κ1) is 20.8. The number of unbranched alkanes of at least 4 members (excludes halogenated alkanes) is 2. The number of ether oxygens (including phenoxy) is 2. The van der Waals surface area contributed by atoms with Crippen LogP contribution in [0.15, 0.2) is 52.0 Å². The lowest BCUT2D eigenvalue weighted by molar-refractivity contribution is -0.0233. The number of benzene rings is 1. The molecule has 0 saturated carbocycles. The Morgan fingerprint density at radius 1 is 1.12 bits per heavy atom. The Labute approximate surface area is 164 Å². The highest BCUT2D eigenvalue weighted by Gasteiger charge is 2.29. The normalized spacial score (nSPS) is 16.7. The lowest BCUT2D eigenvalue weighted by Crippen LogP contribution is -2.26. The van der Waals surface area contributed by atoms with Gasteiger partial charge in [0, 0.05) is 16.5 Å². The molecule has 1 aliphatic carbocycles. The lowest BCUT2D eigenvalue weighted by atomic mass is 10.1. The molecule has 140 valence electrons. The molecule has 0 N–H and O–H groups in total. The van der Waals surface area contributed by atoms with Crippen molar-refractivity contribution >= 4 is 29.1 Å². The minimum atomic E-state index is -0.375. The molecule has 0 radical (unpaired) electrons. The quantitative estimate of drug-likeness (QED) is 0.283. The van der Waals surface area contributed by atoms with Crippen molar-refractivity contribution in [3.05, 3.63) is 57.6 Å². The van der Waals surface area contributed by atoms with Crippen molar-refractivity contribution in [3.8, 4) is 0 Å². The molecule has 4 nitrogen and oxygen atoms in total. The molecule has 0 amide bonds. The standard InChI is InChI=1S/C20H25ClN2O2S/c1-3-5-11-24-18-14-20(26-16-9-7-15(21)8-10-16)19(13-17(18)23-22)25-12-6-4-2/h7-10,13-14,18H,3-6,11-12H2,1-2H3. The molecule has 0 bridgehead atoms. The fourth-order valence-corrected chi connectivity index (χ4v) is 3.38. The minimum absolute atomic E-state index is 0.375. The molecule has 1 atom stereocenters. The zero-order valence-electron chi connectivity index (χ0n) is 15.3. The number of nitrogens with zero attached hydrogens (tertiary/aromatic N) is 2. The number of hydrogen-bond acceptors (Lipinski definition) is 3. The van der Waals surface area contributed by atoms with E-state index in [1.807, 2.05) is 30.3 Å². The highest BCUT2D eigenvalue weighted by molar-refractivity contribution is 8.03. The molecule has 0 saturated heterocycles. The molecule has 0 aliphatic heterocycles. The number of rotatable bonds is 10. The maximum atomic E-state index is 9.37. The Kier molecular flexibility index (Phi) is 8.99. The van der Waals surface area contributed by atoms with Gasteiger partial charge in [0.1, 0.15) is 5.76 Å². The van der Waals surface area contributed by atoms with E-state index in [1.54, 1.807) is 17.8 Å². The lowest BCUT2D eigenvalue weighted by Gasteiger charge is -2.20. The summed E-state index contributed by atoms with van der Waals surface area (Å²) in [7, 11) is 0. The van der Waals surface area contributed by atoms with Crippen LogP contribution in [-0.2, 0) is 9.47 Å². The van der Waals surface area contributed by atoms with Gasteiger partial charge in [-0.3, -0.25) is 0 Å². The Bertz CT molecular complexity index is 694. The van der Waals surface area contributed by atoms with E-state index in [0.717, 1.165) is 35.5 Å². The van der Waals surface area contributed by atoms with Gasteiger partial charge in [-0.15, -0.1) is 0 Å². The van der Waals surface area contributed by atoms with Crippen molar-refractivity contribution in [1.82, 2.24) is 0 Å². The van der Waals surface area contributed by atoms with Crippen molar-refractivity contribution in [2.45, 2.75) is 50.5 Å². The average molecular weight is 393 g/mol. The molecule has 26 heavy (non-hydrogen) atoms. The van der Waals surface area contributed by atoms with Gasteiger partial charge in [0.05, 0.1) is 17.6 Å². The predicted octanol–water partition coefficient (Wildman–Crippen LogP) is 5.89. The van der Waals surface area contributed by atoms with Gasteiger partial charge in [0.15, 0.2) is 6.10 Å². The molecule has 6 heteroatoms. The molecule has 0 aromatic heterocycles. The van der Waals surface area contributed by atoms with Crippen molar-refractivity contribution in [2.24, 2.45) is 0 Å². The summed E-state index contributed by atoms with van der Waals surface area (Å²) < 4.78 is 11.8. The van der Waals surface area contributed by atoms with Gasteiger partial charge in [-0.25, -0.2) is 0 Å². The number of thioether (sulfide) groups is 1. The van der Waals surface area contributed by atoms with Gasteiger partial charge in [-0.1, -0.05) is 50.1 Å². The molecule has 0 heterocycles. The van der Waals surface area contributed by atoms with E-state index in [1.165, 1.54) is 0 Å². The summed E-state index contributed by atoms with van der Waals surface area (Å²) in [6.07, 6.45) is 7.40. The van der Waals surface area contributed by atoms with Gasteiger partial charge < -0.3 is 15.0 Å². The van der Waals surface area contributed by atoms with Gasteiger partial charge in [-0.2, -0.15) is 4.79 Å². The van der Waals surface area contributed by atoms with E-state index < -0.39 is 0 Å². The van der Waals surface area contributed by atoms with Crippen LogP contribution < -0.4 is 0 Å². The topological polar surface area (TPSA) is 54.9 Å². The van der Waals surface area contributed by atoms with Crippen molar-refractivity contribution < 1.29 is 14.3 Å². The van der Waals surface area contributed by atoms with Gasteiger partial charge in [0.25, 0.3) is 0 Å². The zero-order valence-corrected chi connectivity index (χ0v) is 16.9. The minimum Gasteiger partial charge on any atom is -0.492 e. The second-order valence-electron chi connectivity index (χ2n) is 5.97. The van der Waals surface area contributed by atoms with Crippen LogP contribution in [-0.4, -0.2) is 29.8 Å². The Morgan fingerprint density at radius 3 is 2.46 bits per heavy atom. The fraction of sp³-hybridized carbons (Fsp3) is 0.450. The Morgan fingerprint density at radius 2 is 1.81 bits per heavy atom. The average Bonchev–Trinajstić information content (AvgIpc) is 2.65. The largest absolute Gasteiger partial charge is 0.492 e. The van der Waals surface area contributed by atoms with Crippen LogP contribution in [0.25, 0.3) is 5.53 Å². The SMILES string of the molecule is CCCCOC1=CC(=[N+]=[N-])C(OCCCC)C=C1Sc1ccc(Cl)cc1. The van der Waals surface area contributed by atoms with Crippen molar-refractivity contribution in [1.29, 1.82) is 0 Å². The Balaban J connectivity index is 2.21. The first-order chi connectivity index (χ1) is 12.7. The van der Waals surface area contributed by atoms with Crippen LogP contribution in [0.5, 0.6) is 0 Å². The van der Waals surface area contributed by atoms with E-state index in [0.29, 0.717) is 29.7 Å². The van der Waals surface area contributed by atoms with Crippen LogP contribution >= 0.6 is 23.4 Å². The van der Waals surface area contributed by atoms with E-state index in [2.05, 4.69) is 18.6 Å². The molecule has 1 aromatic carbocycles. The van der Waals surface area contributed by atoms with Crippen LogP contribution in [0.3, 0.4) is 0 Å². The van der Waals surface area contributed by atoms with Crippen LogP contribution in [0.1, 0.15) is 39.5 Å². The second kappa shape index (κ2) is 11.2.